The molecule has 5 heteroatoms. The second-order valence-corrected chi connectivity index (χ2v) is 7.42. The lowest BCUT2D eigenvalue weighted by molar-refractivity contribution is -0.115. The third-order valence-corrected chi connectivity index (χ3v) is 5.48. The van der Waals surface area contributed by atoms with Gasteiger partial charge in [-0.25, -0.2) is 0 Å². The van der Waals surface area contributed by atoms with Crippen LogP contribution in [0.25, 0.3) is 0 Å². The first-order chi connectivity index (χ1) is 13.6. The lowest BCUT2D eigenvalue weighted by atomic mass is 9.84. The van der Waals surface area contributed by atoms with Crippen molar-refractivity contribution in [2.24, 2.45) is 0 Å². The van der Waals surface area contributed by atoms with Crippen LogP contribution < -0.4 is 5.32 Å². The highest BCUT2D eigenvalue weighted by Gasteiger charge is 2.29. The Hall–Kier alpha value is -3.18. The Morgan fingerprint density at radius 1 is 0.821 bits per heavy atom. The minimum Gasteiger partial charge on any atom is -0.326 e. The summed E-state index contributed by atoms with van der Waals surface area (Å²) in [6.07, 6.45) is 2.24. The van der Waals surface area contributed by atoms with Gasteiger partial charge in [-0.3, -0.25) is 14.4 Å². The topological polar surface area (TPSA) is 63.2 Å². The quantitative estimate of drug-likeness (QED) is 0.528. The molecule has 0 unspecified atom stereocenters. The number of carbonyl (C=O) groups excluding carboxylic acids is 3. The molecule has 1 aliphatic carbocycles. The summed E-state index contributed by atoms with van der Waals surface area (Å²) in [5.41, 5.74) is 2.93. The van der Waals surface area contributed by atoms with Crippen LogP contribution in [0, 0.1) is 0 Å². The molecule has 28 heavy (non-hydrogen) atoms. The number of rotatable bonds is 4. The zero-order valence-electron chi connectivity index (χ0n) is 15.2. The third kappa shape index (κ3) is 3.37. The molecule has 1 N–H and O–H groups in total. The lowest BCUT2D eigenvalue weighted by Gasteiger charge is -2.18. The van der Waals surface area contributed by atoms with E-state index >= 15 is 0 Å². The summed E-state index contributed by atoms with van der Waals surface area (Å²) in [7, 11) is 0. The summed E-state index contributed by atoms with van der Waals surface area (Å²) in [4.78, 5) is 38.9. The highest BCUT2D eigenvalue weighted by molar-refractivity contribution is 7.98. The molecule has 0 spiro atoms. The van der Waals surface area contributed by atoms with Gasteiger partial charge in [0.25, 0.3) is 0 Å². The molecule has 1 amide bonds. The van der Waals surface area contributed by atoms with Gasteiger partial charge in [0.15, 0.2) is 11.6 Å². The number of hydrogen-bond donors (Lipinski definition) is 1. The van der Waals surface area contributed by atoms with E-state index in [-0.39, 0.29) is 23.9 Å². The Bertz CT molecular complexity index is 1100. The molecular formula is C23H17NO3S. The largest absolute Gasteiger partial charge is 0.326 e. The molecule has 0 radical (unpaired) electrons. The molecule has 0 heterocycles. The number of amides is 1. The van der Waals surface area contributed by atoms with Gasteiger partial charge < -0.3 is 5.32 Å². The Morgan fingerprint density at radius 3 is 2.07 bits per heavy atom. The van der Waals surface area contributed by atoms with Crippen molar-refractivity contribution in [3.63, 3.8) is 0 Å². The van der Waals surface area contributed by atoms with Crippen molar-refractivity contribution in [2.45, 2.75) is 11.3 Å². The maximum Gasteiger partial charge on any atom is 0.228 e. The number of thioether (sulfide) groups is 1. The second kappa shape index (κ2) is 7.44. The van der Waals surface area contributed by atoms with Crippen LogP contribution in [0.4, 0.5) is 5.69 Å². The molecule has 1 aliphatic rings. The predicted octanol–water partition coefficient (Wildman–Crippen LogP) is 4.37. The third-order valence-electron chi connectivity index (χ3n) is 4.73. The molecule has 138 valence electrons. The fourth-order valence-corrected chi connectivity index (χ4v) is 3.72. The minimum absolute atomic E-state index is 0.169. The van der Waals surface area contributed by atoms with Gasteiger partial charge in [0.1, 0.15) is 0 Å². The number of benzene rings is 3. The molecule has 0 aliphatic heterocycles. The lowest BCUT2D eigenvalue weighted by Crippen LogP contribution is -2.21. The Morgan fingerprint density at radius 2 is 1.43 bits per heavy atom. The number of anilines is 1. The average Bonchev–Trinajstić information content (AvgIpc) is 2.72. The molecule has 4 rings (SSSR count). The van der Waals surface area contributed by atoms with Gasteiger partial charge in [-0.1, -0.05) is 36.4 Å². The van der Waals surface area contributed by atoms with Gasteiger partial charge in [0.05, 0.1) is 6.42 Å². The number of carbonyl (C=O) groups is 3. The average molecular weight is 387 g/mol. The van der Waals surface area contributed by atoms with Crippen LogP contribution >= 0.6 is 11.8 Å². The van der Waals surface area contributed by atoms with E-state index in [9.17, 15) is 14.4 Å². The zero-order chi connectivity index (χ0) is 19.7. The molecule has 0 saturated carbocycles. The maximum absolute atomic E-state index is 12.8. The second-order valence-electron chi connectivity index (χ2n) is 6.54. The fraction of sp³-hybridized carbons (Fsp3) is 0.0870. The maximum atomic E-state index is 12.8. The first kappa shape index (κ1) is 18.2. The Labute approximate surface area is 167 Å². The summed E-state index contributed by atoms with van der Waals surface area (Å²) >= 11 is 1.65. The van der Waals surface area contributed by atoms with Crippen molar-refractivity contribution in [3.8, 4) is 0 Å². The number of ketones is 2. The van der Waals surface area contributed by atoms with Crippen LogP contribution in [0.2, 0.25) is 0 Å². The van der Waals surface area contributed by atoms with E-state index in [2.05, 4.69) is 5.32 Å². The van der Waals surface area contributed by atoms with E-state index in [0.717, 1.165) is 10.5 Å². The summed E-state index contributed by atoms with van der Waals surface area (Å²) in [6, 6.07) is 19.5. The van der Waals surface area contributed by atoms with Crippen molar-refractivity contribution < 1.29 is 14.4 Å². The smallest absolute Gasteiger partial charge is 0.228 e. The van der Waals surface area contributed by atoms with E-state index < -0.39 is 0 Å². The SMILES string of the molecule is CSc1ccc(CC(=O)Nc2ccc3c(c2)C(=O)c2ccccc2C3=O)cc1. The molecule has 3 aromatic carbocycles. The summed E-state index contributed by atoms with van der Waals surface area (Å²) in [5, 5.41) is 2.82. The van der Waals surface area contributed by atoms with E-state index in [1.54, 1.807) is 54.2 Å². The highest BCUT2D eigenvalue weighted by Crippen LogP contribution is 2.29. The standard InChI is InChI=1S/C23H17NO3S/c1-28-16-9-6-14(7-10-16)12-21(25)24-15-8-11-19-20(13-15)23(27)18-5-3-2-4-17(18)22(19)26/h2-11,13H,12H2,1H3,(H,24,25). The summed E-state index contributed by atoms with van der Waals surface area (Å²) < 4.78 is 0. The fourth-order valence-electron chi connectivity index (χ4n) is 3.31. The summed E-state index contributed by atoms with van der Waals surface area (Å²) in [5.74, 6) is -0.544. The van der Waals surface area contributed by atoms with Crippen molar-refractivity contribution in [1.82, 2.24) is 0 Å². The van der Waals surface area contributed by atoms with Gasteiger partial charge in [-0.15, -0.1) is 11.8 Å². The van der Waals surface area contributed by atoms with Crippen LogP contribution in [-0.4, -0.2) is 23.7 Å². The molecule has 4 nitrogen and oxygen atoms in total. The van der Waals surface area contributed by atoms with Crippen molar-refractivity contribution in [1.29, 1.82) is 0 Å². The Kier molecular flexibility index (Phi) is 4.84. The minimum atomic E-state index is -0.200. The van der Waals surface area contributed by atoms with E-state index in [1.165, 1.54) is 0 Å². The van der Waals surface area contributed by atoms with Gasteiger partial charge in [0, 0.05) is 32.8 Å². The normalized spacial score (nSPS) is 12.3. The van der Waals surface area contributed by atoms with E-state index in [1.807, 2.05) is 30.5 Å². The van der Waals surface area contributed by atoms with Gasteiger partial charge in [-0.05, 0) is 42.2 Å². The van der Waals surface area contributed by atoms with Crippen LogP contribution in [0.1, 0.15) is 37.4 Å². The number of nitrogens with one attached hydrogen (secondary N) is 1. The molecular weight excluding hydrogens is 370 g/mol. The monoisotopic (exact) mass is 387 g/mol. The Balaban J connectivity index is 1.55. The first-order valence-corrected chi connectivity index (χ1v) is 10.0. The molecule has 0 fully saturated rings. The zero-order valence-corrected chi connectivity index (χ0v) is 16.0. The number of hydrogen-bond acceptors (Lipinski definition) is 4. The van der Waals surface area contributed by atoms with Crippen molar-refractivity contribution in [3.05, 3.63) is 94.5 Å². The predicted molar refractivity (Wildman–Crippen MR) is 110 cm³/mol. The van der Waals surface area contributed by atoms with Gasteiger partial charge >= 0.3 is 0 Å². The van der Waals surface area contributed by atoms with Gasteiger partial charge in [-0.2, -0.15) is 0 Å². The van der Waals surface area contributed by atoms with Gasteiger partial charge in [0.2, 0.25) is 5.91 Å². The van der Waals surface area contributed by atoms with Crippen LogP contribution in [0.15, 0.2) is 71.6 Å². The molecule has 0 saturated heterocycles. The molecule has 0 aromatic heterocycles. The molecule has 0 atom stereocenters. The van der Waals surface area contributed by atoms with Crippen molar-refractivity contribution >= 4 is 34.9 Å². The van der Waals surface area contributed by atoms with Crippen LogP contribution in [0.5, 0.6) is 0 Å². The van der Waals surface area contributed by atoms with Crippen LogP contribution in [0.3, 0.4) is 0 Å². The van der Waals surface area contributed by atoms with Crippen LogP contribution in [-0.2, 0) is 11.2 Å². The number of fused-ring (bicyclic) bond motifs is 2. The van der Waals surface area contributed by atoms with E-state index in [0.29, 0.717) is 27.9 Å². The summed E-state index contributed by atoms with van der Waals surface area (Å²) in [6.45, 7) is 0. The highest BCUT2D eigenvalue weighted by atomic mass is 32.2. The first-order valence-electron chi connectivity index (χ1n) is 8.82. The van der Waals surface area contributed by atoms with Crippen molar-refractivity contribution in [2.75, 3.05) is 11.6 Å². The molecule has 3 aromatic rings. The molecule has 0 bridgehead atoms. The van der Waals surface area contributed by atoms with E-state index in [4.69, 9.17) is 0 Å².